The second kappa shape index (κ2) is 7.52. The van der Waals surface area contributed by atoms with E-state index in [-0.39, 0.29) is 12.5 Å². The van der Waals surface area contributed by atoms with Gasteiger partial charge in [-0.05, 0) is 44.6 Å². The third kappa shape index (κ3) is 3.84. The van der Waals surface area contributed by atoms with Gasteiger partial charge < -0.3 is 9.64 Å². The molecule has 6 heteroatoms. The average molecular weight is 359 g/mol. The van der Waals surface area contributed by atoms with E-state index in [1.807, 2.05) is 13.8 Å². The van der Waals surface area contributed by atoms with Gasteiger partial charge in [0, 0.05) is 18.0 Å². The van der Waals surface area contributed by atoms with Crippen LogP contribution >= 0.6 is 11.3 Å². The molecule has 1 unspecified atom stereocenters. The molecule has 1 aliphatic carbocycles. The van der Waals surface area contributed by atoms with Gasteiger partial charge in [-0.25, -0.2) is 9.97 Å². The molecule has 0 spiro atoms. The summed E-state index contributed by atoms with van der Waals surface area (Å²) >= 11 is 1.73. The fourth-order valence-electron chi connectivity index (χ4n) is 3.28. The quantitative estimate of drug-likeness (QED) is 0.739. The zero-order valence-electron chi connectivity index (χ0n) is 15.2. The Balaban J connectivity index is 1.80. The third-order valence-corrected chi connectivity index (χ3v) is 5.75. The Labute approximate surface area is 152 Å². The zero-order chi connectivity index (χ0) is 18.0. The molecule has 0 radical (unpaired) electrons. The average Bonchev–Trinajstić information content (AvgIpc) is 2.95. The summed E-state index contributed by atoms with van der Waals surface area (Å²) in [4.78, 5) is 25.2. The minimum absolute atomic E-state index is 0.00570. The summed E-state index contributed by atoms with van der Waals surface area (Å²) < 4.78 is 5.83. The molecule has 1 atom stereocenters. The molecule has 5 nitrogen and oxygen atoms in total. The number of carbonyl (C=O) groups excluding carboxylic acids is 1. The lowest BCUT2D eigenvalue weighted by atomic mass is 9.89. The normalized spacial score (nSPS) is 16.5. The number of likely N-dealkylation sites (N-methyl/N-ethyl adjacent to an activating group) is 1. The van der Waals surface area contributed by atoms with Gasteiger partial charge in [0.15, 0.2) is 6.61 Å². The van der Waals surface area contributed by atoms with Crippen molar-refractivity contribution in [1.82, 2.24) is 14.9 Å². The van der Waals surface area contributed by atoms with Gasteiger partial charge in [0.05, 0.1) is 5.39 Å². The maximum atomic E-state index is 12.4. The van der Waals surface area contributed by atoms with E-state index in [0.29, 0.717) is 24.9 Å². The van der Waals surface area contributed by atoms with E-state index in [1.165, 1.54) is 23.2 Å². The van der Waals surface area contributed by atoms with Crippen LogP contribution in [0.15, 0.2) is 18.5 Å². The lowest BCUT2D eigenvalue weighted by molar-refractivity contribution is -0.132. The standard InChI is InChI=1S/C19H25N3O2S/c1-5-22(9-12(2)3)16(23)10-24-18-17-14-7-6-13(4)8-15(14)25-19(17)21-11-20-18/h11,13H,2,5-10H2,1,3-4H3. The second-order valence-corrected chi connectivity index (χ2v) is 7.95. The van der Waals surface area contributed by atoms with E-state index < -0.39 is 0 Å². The van der Waals surface area contributed by atoms with Crippen molar-refractivity contribution in [3.05, 3.63) is 28.9 Å². The van der Waals surface area contributed by atoms with Crippen LogP contribution in [0.3, 0.4) is 0 Å². The zero-order valence-corrected chi connectivity index (χ0v) is 16.0. The van der Waals surface area contributed by atoms with E-state index in [2.05, 4.69) is 23.5 Å². The number of nitrogens with zero attached hydrogens (tertiary/aromatic N) is 3. The highest BCUT2D eigenvalue weighted by Crippen LogP contribution is 2.40. The van der Waals surface area contributed by atoms with Gasteiger partial charge in [0.1, 0.15) is 11.2 Å². The van der Waals surface area contributed by atoms with Crippen molar-refractivity contribution in [2.24, 2.45) is 5.92 Å². The lowest BCUT2D eigenvalue weighted by Crippen LogP contribution is -2.35. The molecule has 0 fully saturated rings. The maximum Gasteiger partial charge on any atom is 0.260 e. The van der Waals surface area contributed by atoms with Crippen LogP contribution in [0.25, 0.3) is 10.2 Å². The van der Waals surface area contributed by atoms with Crippen molar-refractivity contribution in [1.29, 1.82) is 0 Å². The van der Waals surface area contributed by atoms with Crippen molar-refractivity contribution in [3.8, 4) is 5.88 Å². The van der Waals surface area contributed by atoms with Gasteiger partial charge in [0.25, 0.3) is 5.91 Å². The fourth-order valence-corrected chi connectivity index (χ4v) is 4.62. The molecule has 2 aromatic heterocycles. The van der Waals surface area contributed by atoms with Gasteiger partial charge in [-0.1, -0.05) is 19.1 Å². The molecule has 0 bridgehead atoms. The Morgan fingerprint density at radius 3 is 3.00 bits per heavy atom. The molecule has 0 aromatic carbocycles. The molecule has 0 saturated carbocycles. The highest BCUT2D eigenvalue weighted by molar-refractivity contribution is 7.18. The first kappa shape index (κ1) is 17.9. The molecule has 3 rings (SSSR count). The summed E-state index contributed by atoms with van der Waals surface area (Å²) in [6, 6.07) is 0. The fraction of sp³-hybridized carbons (Fsp3) is 0.526. The van der Waals surface area contributed by atoms with Gasteiger partial charge in [-0.2, -0.15) is 0 Å². The van der Waals surface area contributed by atoms with Crippen LogP contribution in [0, 0.1) is 5.92 Å². The summed E-state index contributed by atoms with van der Waals surface area (Å²) in [6.45, 7) is 11.2. The van der Waals surface area contributed by atoms with Crippen LogP contribution < -0.4 is 4.74 Å². The van der Waals surface area contributed by atoms with Gasteiger partial charge >= 0.3 is 0 Å². The SMILES string of the molecule is C=C(C)CN(CC)C(=O)COc1ncnc2sc3c(c12)CCC(C)C3. The van der Waals surface area contributed by atoms with Crippen molar-refractivity contribution in [3.63, 3.8) is 0 Å². The Hall–Kier alpha value is -1.95. The number of fused-ring (bicyclic) bond motifs is 3. The second-order valence-electron chi connectivity index (χ2n) is 6.86. The first-order valence-electron chi connectivity index (χ1n) is 8.79. The highest BCUT2D eigenvalue weighted by atomic mass is 32.1. The first-order valence-corrected chi connectivity index (χ1v) is 9.61. The summed E-state index contributed by atoms with van der Waals surface area (Å²) in [7, 11) is 0. The van der Waals surface area contributed by atoms with Crippen LogP contribution in [-0.4, -0.2) is 40.5 Å². The number of aromatic nitrogens is 2. The predicted octanol–water partition coefficient (Wildman–Crippen LogP) is 3.62. The van der Waals surface area contributed by atoms with Crippen LogP contribution in [0.4, 0.5) is 0 Å². The van der Waals surface area contributed by atoms with Crippen molar-refractivity contribution < 1.29 is 9.53 Å². The van der Waals surface area contributed by atoms with E-state index in [4.69, 9.17) is 4.74 Å². The maximum absolute atomic E-state index is 12.4. The lowest BCUT2D eigenvalue weighted by Gasteiger charge is -2.21. The monoisotopic (exact) mass is 359 g/mol. The number of ether oxygens (including phenoxy) is 1. The number of hydrogen-bond acceptors (Lipinski definition) is 5. The Morgan fingerprint density at radius 1 is 1.48 bits per heavy atom. The van der Waals surface area contributed by atoms with Crippen molar-refractivity contribution in [2.75, 3.05) is 19.7 Å². The number of amides is 1. The minimum Gasteiger partial charge on any atom is -0.467 e. The topological polar surface area (TPSA) is 55.3 Å². The summed E-state index contributed by atoms with van der Waals surface area (Å²) in [6.07, 6.45) is 4.83. The molecule has 25 heavy (non-hydrogen) atoms. The van der Waals surface area contributed by atoms with Crippen molar-refractivity contribution >= 4 is 27.5 Å². The highest BCUT2D eigenvalue weighted by Gasteiger charge is 2.24. The molecule has 134 valence electrons. The molecule has 0 saturated heterocycles. The Morgan fingerprint density at radius 2 is 2.28 bits per heavy atom. The molecule has 1 aliphatic rings. The van der Waals surface area contributed by atoms with E-state index in [1.54, 1.807) is 16.2 Å². The number of hydrogen-bond donors (Lipinski definition) is 0. The van der Waals surface area contributed by atoms with Crippen molar-refractivity contribution in [2.45, 2.75) is 40.0 Å². The molecule has 2 aromatic rings. The predicted molar refractivity (Wildman–Crippen MR) is 101 cm³/mol. The van der Waals surface area contributed by atoms with Gasteiger partial charge in [0.2, 0.25) is 5.88 Å². The number of thiophene rings is 1. The third-order valence-electron chi connectivity index (χ3n) is 4.58. The number of rotatable bonds is 6. The summed E-state index contributed by atoms with van der Waals surface area (Å²) in [5.74, 6) is 1.20. The minimum atomic E-state index is -0.0463. The largest absolute Gasteiger partial charge is 0.467 e. The van der Waals surface area contributed by atoms with E-state index in [0.717, 1.165) is 28.6 Å². The van der Waals surface area contributed by atoms with E-state index in [9.17, 15) is 4.79 Å². The Bertz CT molecular complexity index is 799. The molecule has 2 heterocycles. The Kier molecular flexibility index (Phi) is 5.37. The first-order chi connectivity index (χ1) is 12.0. The molecule has 1 amide bonds. The van der Waals surface area contributed by atoms with Gasteiger partial charge in [-0.3, -0.25) is 4.79 Å². The smallest absolute Gasteiger partial charge is 0.260 e. The summed E-state index contributed by atoms with van der Waals surface area (Å²) in [5, 5.41) is 1.00. The molecule has 0 N–H and O–H groups in total. The summed E-state index contributed by atoms with van der Waals surface area (Å²) in [5.41, 5.74) is 2.27. The molecular formula is C19H25N3O2S. The van der Waals surface area contributed by atoms with E-state index >= 15 is 0 Å². The van der Waals surface area contributed by atoms with Crippen LogP contribution in [0.1, 0.15) is 37.6 Å². The molecule has 0 aliphatic heterocycles. The van der Waals surface area contributed by atoms with Crippen LogP contribution in [-0.2, 0) is 17.6 Å². The van der Waals surface area contributed by atoms with Crippen LogP contribution in [0.2, 0.25) is 0 Å². The van der Waals surface area contributed by atoms with Gasteiger partial charge in [-0.15, -0.1) is 11.3 Å². The number of aryl methyl sites for hydroxylation is 1. The van der Waals surface area contributed by atoms with Crippen LogP contribution in [0.5, 0.6) is 5.88 Å². The number of carbonyl (C=O) groups is 1. The molecular weight excluding hydrogens is 334 g/mol.